The lowest BCUT2D eigenvalue weighted by Gasteiger charge is -2.42. The van der Waals surface area contributed by atoms with E-state index in [4.69, 9.17) is 27.9 Å². The molecule has 31 heavy (non-hydrogen) atoms. The number of likely N-dealkylation sites (tertiary alicyclic amines) is 1. The molecule has 2 aromatic rings. The molecule has 5 nitrogen and oxygen atoms in total. The summed E-state index contributed by atoms with van der Waals surface area (Å²) in [4.78, 5) is 17.8. The molecule has 0 radical (unpaired) electrons. The third-order valence-corrected chi connectivity index (χ3v) is 6.83. The lowest BCUT2D eigenvalue weighted by atomic mass is 9.92. The van der Waals surface area contributed by atoms with Gasteiger partial charge < -0.3 is 19.9 Å². The largest absolute Gasteiger partial charge is 0.497 e. The maximum absolute atomic E-state index is 13.5. The van der Waals surface area contributed by atoms with Crippen LogP contribution in [0.5, 0.6) is 5.75 Å². The van der Waals surface area contributed by atoms with Crippen LogP contribution in [0.3, 0.4) is 0 Å². The van der Waals surface area contributed by atoms with Crippen LogP contribution in [-0.4, -0.2) is 49.1 Å². The van der Waals surface area contributed by atoms with Gasteiger partial charge >= 0.3 is 6.03 Å². The van der Waals surface area contributed by atoms with Gasteiger partial charge in [0.25, 0.3) is 0 Å². The number of carbonyl (C=O) groups excluding carboxylic acids is 1. The molecule has 0 bridgehead atoms. The fourth-order valence-electron chi connectivity index (χ4n) is 4.31. The maximum Gasteiger partial charge on any atom is 0.318 e. The van der Waals surface area contributed by atoms with Gasteiger partial charge in [-0.15, -0.1) is 0 Å². The maximum atomic E-state index is 13.5. The number of benzene rings is 2. The van der Waals surface area contributed by atoms with Crippen LogP contribution in [-0.2, 0) is 6.54 Å². The van der Waals surface area contributed by atoms with Gasteiger partial charge in [0.1, 0.15) is 5.75 Å². The van der Waals surface area contributed by atoms with Crippen molar-refractivity contribution in [1.29, 1.82) is 0 Å². The second kappa shape index (κ2) is 10.6. The van der Waals surface area contributed by atoms with Crippen molar-refractivity contribution in [2.24, 2.45) is 5.92 Å². The Morgan fingerprint density at radius 2 is 2.03 bits per heavy atom. The summed E-state index contributed by atoms with van der Waals surface area (Å²) < 4.78 is 5.37. The molecule has 0 aromatic heterocycles. The first-order valence-electron chi connectivity index (χ1n) is 10.6. The van der Waals surface area contributed by atoms with Crippen LogP contribution < -0.4 is 10.1 Å². The number of nitrogens with one attached hydrogen (secondary N) is 1. The summed E-state index contributed by atoms with van der Waals surface area (Å²) in [5.41, 5.74) is 1.84. The van der Waals surface area contributed by atoms with E-state index >= 15 is 0 Å². The lowest BCUT2D eigenvalue weighted by molar-refractivity contribution is 0.0874. The molecule has 1 heterocycles. The Bertz CT molecular complexity index is 908. The molecule has 2 aromatic carbocycles. The number of hydrogen-bond acceptors (Lipinski definition) is 3. The first-order chi connectivity index (χ1) is 14.8. The molecule has 1 aliphatic heterocycles. The van der Waals surface area contributed by atoms with Gasteiger partial charge in [0.2, 0.25) is 0 Å². The molecule has 7 heteroatoms. The van der Waals surface area contributed by atoms with Crippen LogP contribution >= 0.6 is 23.2 Å². The summed E-state index contributed by atoms with van der Waals surface area (Å²) in [6, 6.07) is 13.1. The van der Waals surface area contributed by atoms with Crippen LogP contribution in [0, 0.1) is 5.92 Å². The van der Waals surface area contributed by atoms with Crippen molar-refractivity contribution in [2.75, 3.05) is 27.2 Å². The number of piperidine rings is 1. The standard InChI is InChI=1S/C24H31Cl2N3O2/c1-16-14-28(3)12-11-22(16)29(15-18-7-5-8-19(13-18)31-4)24(30)27-17(2)20-9-6-10-21(25)23(20)26/h5-10,13,16-17,22H,11-12,14-15H2,1-4H3,(H,27,30)/t16?,17-,22?/m1/s1. The summed E-state index contributed by atoms with van der Waals surface area (Å²) in [6.45, 7) is 6.58. The predicted molar refractivity (Wildman–Crippen MR) is 127 cm³/mol. The highest BCUT2D eigenvalue weighted by Crippen LogP contribution is 2.30. The molecule has 0 saturated carbocycles. The Morgan fingerprint density at radius 1 is 1.29 bits per heavy atom. The molecule has 1 saturated heterocycles. The van der Waals surface area contributed by atoms with Crippen LogP contribution in [0.2, 0.25) is 10.0 Å². The number of amides is 2. The Balaban J connectivity index is 1.83. The van der Waals surface area contributed by atoms with Crippen molar-refractivity contribution in [1.82, 2.24) is 15.1 Å². The van der Waals surface area contributed by atoms with Gasteiger partial charge in [-0.05, 0) is 62.2 Å². The molecule has 0 aliphatic carbocycles. The normalized spacial score (nSPS) is 20.2. The molecular weight excluding hydrogens is 433 g/mol. The zero-order chi connectivity index (χ0) is 22.5. The number of carbonyl (C=O) groups is 1. The fraction of sp³-hybridized carbons (Fsp3) is 0.458. The molecule has 2 amide bonds. The van der Waals surface area contributed by atoms with E-state index in [1.807, 2.05) is 48.2 Å². The Labute approximate surface area is 195 Å². The second-order valence-electron chi connectivity index (χ2n) is 8.39. The molecule has 168 valence electrons. The van der Waals surface area contributed by atoms with Gasteiger partial charge in [-0.2, -0.15) is 0 Å². The van der Waals surface area contributed by atoms with Crippen LogP contribution in [0.15, 0.2) is 42.5 Å². The van der Waals surface area contributed by atoms with Gasteiger partial charge in [0.15, 0.2) is 0 Å². The van der Waals surface area contributed by atoms with Crippen LogP contribution in [0.4, 0.5) is 4.79 Å². The average Bonchev–Trinajstić information content (AvgIpc) is 2.74. The Hall–Kier alpha value is -1.95. The zero-order valence-corrected chi connectivity index (χ0v) is 20.1. The van der Waals surface area contributed by atoms with E-state index in [0.717, 1.165) is 36.4 Å². The van der Waals surface area contributed by atoms with E-state index in [-0.39, 0.29) is 18.1 Å². The van der Waals surface area contributed by atoms with Crippen LogP contribution in [0.25, 0.3) is 0 Å². The monoisotopic (exact) mass is 463 g/mol. The molecule has 1 fully saturated rings. The van der Waals surface area contributed by atoms with Gasteiger partial charge in [-0.1, -0.05) is 54.4 Å². The van der Waals surface area contributed by atoms with Gasteiger partial charge in [0, 0.05) is 19.1 Å². The quantitative estimate of drug-likeness (QED) is 0.604. The number of hydrogen-bond donors (Lipinski definition) is 1. The summed E-state index contributed by atoms with van der Waals surface area (Å²) in [5, 5.41) is 4.10. The molecule has 3 rings (SSSR count). The highest BCUT2D eigenvalue weighted by atomic mass is 35.5. The third-order valence-electron chi connectivity index (χ3n) is 6.00. The molecular formula is C24H31Cl2N3O2. The first kappa shape index (κ1) is 23.7. The number of nitrogens with zero attached hydrogens (tertiary/aromatic N) is 2. The SMILES string of the molecule is COc1cccc(CN(C(=O)N[C@H](C)c2cccc(Cl)c2Cl)C2CCN(C)CC2C)c1. The average molecular weight is 464 g/mol. The van der Waals surface area contributed by atoms with E-state index < -0.39 is 0 Å². The van der Waals surface area contributed by atoms with E-state index in [1.165, 1.54) is 0 Å². The second-order valence-corrected chi connectivity index (χ2v) is 9.17. The molecule has 2 unspecified atom stereocenters. The predicted octanol–water partition coefficient (Wildman–Crippen LogP) is 5.62. The molecule has 1 N–H and O–H groups in total. The van der Waals surface area contributed by atoms with Gasteiger partial charge in [-0.3, -0.25) is 0 Å². The van der Waals surface area contributed by atoms with Crippen LogP contribution in [0.1, 0.15) is 37.4 Å². The van der Waals surface area contributed by atoms with Gasteiger partial charge in [0.05, 0.1) is 23.2 Å². The highest BCUT2D eigenvalue weighted by molar-refractivity contribution is 6.42. The summed E-state index contributed by atoms with van der Waals surface area (Å²) in [5.74, 6) is 1.15. The van der Waals surface area contributed by atoms with E-state index in [2.05, 4.69) is 24.2 Å². The highest BCUT2D eigenvalue weighted by Gasteiger charge is 2.33. The van der Waals surface area contributed by atoms with Crippen molar-refractivity contribution in [3.8, 4) is 5.75 Å². The van der Waals surface area contributed by atoms with Gasteiger partial charge in [-0.25, -0.2) is 4.79 Å². The summed E-state index contributed by atoms with van der Waals surface area (Å²) in [7, 11) is 3.78. The minimum atomic E-state index is -0.270. The number of rotatable bonds is 6. The summed E-state index contributed by atoms with van der Waals surface area (Å²) >= 11 is 12.6. The van der Waals surface area contributed by atoms with E-state index in [9.17, 15) is 4.79 Å². The Morgan fingerprint density at radius 3 is 2.74 bits per heavy atom. The minimum absolute atomic E-state index is 0.104. The van der Waals surface area contributed by atoms with Crippen molar-refractivity contribution in [2.45, 2.75) is 38.9 Å². The number of urea groups is 1. The number of halogens is 2. The lowest BCUT2D eigenvalue weighted by Crippen LogP contribution is -2.53. The van der Waals surface area contributed by atoms with E-state index in [0.29, 0.717) is 22.5 Å². The zero-order valence-electron chi connectivity index (χ0n) is 18.6. The molecule has 0 spiro atoms. The fourth-order valence-corrected chi connectivity index (χ4v) is 4.78. The summed E-state index contributed by atoms with van der Waals surface area (Å²) in [6.07, 6.45) is 0.932. The van der Waals surface area contributed by atoms with E-state index in [1.54, 1.807) is 13.2 Å². The first-order valence-corrected chi connectivity index (χ1v) is 11.4. The van der Waals surface area contributed by atoms with Crippen molar-refractivity contribution < 1.29 is 9.53 Å². The molecule has 1 aliphatic rings. The number of methoxy groups -OCH3 is 1. The Kier molecular flexibility index (Phi) is 8.09. The topological polar surface area (TPSA) is 44.8 Å². The smallest absolute Gasteiger partial charge is 0.318 e. The van der Waals surface area contributed by atoms with Crippen molar-refractivity contribution in [3.05, 3.63) is 63.6 Å². The van der Waals surface area contributed by atoms with Crippen molar-refractivity contribution >= 4 is 29.2 Å². The molecule has 3 atom stereocenters. The third kappa shape index (κ3) is 5.85. The minimum Gasteiger partial charge on any atom is -0.497 e. The number of ether oxygens (including phenoxy) is 1. The van der Waals surface area contributed by atoms with Crippen molar-refractivity contribution in [3.63, 3.8) is 0 Å².